The van der Waals surface area contributed by atoms with Crippen molar-refractivity contribution in [2.24, 2.45) is 0 Å². The summed E-state index contributed by atoms with van der Waals surface area (Å²) in [5.41, 5.74) is 0.440. The fourth-order valence-electron chi connectivity index (χ4n) is 6.10. The maximum atomic E-state index is 13.0. The largest absolute Gasteiger partial charge is 0.497 e. The molecular weight excluding hydrogens is 609 g/mol. The number of aromatic amines is 1. The van der Waals surface area contributed by atoms with Crippen LogP contribution in [0.1, 0.15) is 34.9 Å². The molecule has 5 rings (SSSR count). The van der Waals surface area contributed by atoms with Crippen LogP contribution in [-0.4, -0.2) is 73.1 Å². The van der Waals surface area contributed by atoms with Crippen molar-refractivity contribution in [3.05, 3.63) is 128 Å². The maximum Gasteiger partial charge on any atom is 0.330 e. The van der Waals surface area contributed by atoms with Gasteiger partial charge in [0.25, 0.3) is 14.1 Å². The Balaban J connectivity index is 1.73. The molecule has 1 aromatic heterocycles. The van der Waals surface area contributed by atoms with Crippen molar-refractivity contribution in [2.45, 2.75) is 43.3 Å². The number of nitrogens with one attached hydrogen (secondary N) is 1. The second-order valence-electron chi connectivity index (χ2n) is 11.3. The first-order valence-corrected chi connectivity index (χ1v) is 16.0. The quantitative estimate of drug-likeness (QED) is 0.170. The number of aromatic nitrogens is 2. The fourth-order valence-corrected chi connectivity index (χ4v) is 7.14. The minimum atomic E-state index is -1.53. The predicted molar refractivity (Wildman–Crippen MR) is 175 cm³/mol. The Bertz CT molecular complexity index is 1660. The zero-order chi connectivity index (χ0) is 33.0. The number of hydrogen-bond acceptors (Lipinski definition) is 9. The summed E-state index contributed by atoms with van der Waals surface area (Å²) >= 11 is 0. The van der Waals surface area contributed by atoms with Gasteiger partial charge in [0.2, 0.25) is 0 Å². The minimum absolute atomic E-state index is 0.208. The molecule has 0 radical (unpaired) electrons. The topological polar surface area (TPSA) is 124 Å². The van der Waals surface area contributed by atoms with E-state index in [0.717, 1.165) is 16.7 Å². The Morgan fingerprint density at radius 2 is 1.46 bits per heavy atom. The average molecular weight is 650 g/mol. The van der Waals surface area contributed by atoms with Gasteiger partial charge in [-0.05, 0) is 62.0 Å². The van der Waals surface area contributed by atoms with E-state index in [1.54, 1.807) is 28.3 Å². The molecule has 1 saturated heterocycles. The summed E-state index contributed by atoms with van der Waals surface area (Å²) in [6.45, 7) is 1.62. The lowest BCUT2D eigenvalue weighted by Crippen LogP contribution is -2.52. The number of aliphatic hydroxyl groups excluding tert-OH is 1. The highest BCUT2D eigenvalue weighted by atomic mass is 31.2. The van der Waals surface area contributed by atoms with Crippen molar-refractivity contribution in [3.8, 4) is 11.5 Å². The van der Waals surface area contributed by atoms with Gasteiger partial charge in [0.05, 0.1) is 25.7 Å². The van der Waals surface area contributed by atoms with Crippen LogP contribution in [-0.2, 0) is 19.2 Å². The Morgan fingerprint density at radius 1 is 0.913 bits per heavy atom. The Morgan fingerprint density at radius 3 is 1.96 bits per heavy atom. The molecule has 4 aromatic rings. The highest BCUT2D eigenvalue weighted by Gasteiger charge is 2.53. The van der Waals surface area contributed by atoms with E-state index in [-0.39, 0.29) is 6.42 Å². The van der Waals surface area contributed by atoms with Gasteiger partial charge in [0, 0.05) is 25.3 Å². The van der Waals surface area contributed by atoms with E-state index in [0.29, 0.717) is 17.1 Å². The molecule has 46 heavy (non-hydrogen) atoms. The SMILES string of the molecule is COc1ccc(C(c2ccccc2)(c2ccc(OC)cc2)C(O)[C@H]2O[C@@H](n3cc(C)c(=O)[nH]c3=O)C[C@@H]2OP(OC)N(C)C)cc1. The molecule has 1 aliphatic rings. The molecule has 0 saturated carbocycles. The van der Waals surface area contributed by atoms with Crippen molar-refractivity contribution in [2.75, 3.05) is 35.4 Å². The molecule has 0 aliphatic carbocycles. The number of aryl methyl sites for hydroxylation is 1. The molecule has 0 bridgehead atoms. The van der Waals surface area contributed by atoms with Gasteiger partial charge in [0.15, 0.2) is 0 Å². The number of methoxy groups -OCH3 is 2. The number of ether oxygens (including phenoxy) is 3. The first kappa shape index (κ1) is 33.5. The Hall–Kier alpha value is -3.83. The second-order valence-corrected chi connectivity index (χ2v) is 13.1. The molecule has 1 aliphatic heterocycles. The summed E-state index contributed by atoms with van der Waals surface area (Å²) in [7, 11) is 6.91. The van der Waals surface area contributed by atoms with Crippen LogP contribution in [0.2, 0.25) is 0 Å². The highest BCUT2D eigenvalue weighted by molar-refractivity contribution is 7.44. The average Bonchev–Trinajstić information content (AvgIpc) is 3.50. The van der Waals surface area contributed by atoms with Gasteiger partial charge in [-0.2, -0.15) is 0 Å². The van der Waals surface area contributed by atoms with Crippen molar-refractivity contribution in [1.82, 2.24) is 14.2 Å². The standard InChI is InChI=1S/C34H40N3O8P/c1-22-21-37(33(40)35-32(22)39)29-20-28(45-46(43-6)36(2)3)30(44-29)31(38)34(23-10-8-7-9-11-23,24-12-16-26(41-4)17-13-24)25-14-18-27(42-5)19-15-25/h7-19,21,28-31,38H,20H2,1-6H3,(H,35,39,40)/t28-,29+,30-,31?,46?/m0/s1. The molecule has 5 atom stereocenters. The lowest BCUT2D eigenvalue weighted by molar-refractivity contribution is -0.0947. The molecule has 0 amide bonds. The predicted octanol–water partition coefficient (Wildman–Crippen LogP) is 4.37. The molecule has 2 unspecified atom stereocenters. The van der Waals surface area contributed by atoms with Gasteiger partial charge in [0.1, 0.15) is 29.9 Å². The maximum absolute atomic E-state index is 13.0. The van der Waals surface area contributed by atoms with Gasteiger partial charge in [-0.1, -0.05) is 54.6 Å². The zero-order valence-electron chi connectivity index (χ0n) is 26.7. The molecule has 2 heterocycles. The molecule has 2 N–H and O–H groups in total. The first-order valence-electron chi connectivity index (χ1n) is 14.8. The Labute approximate surface area is 269 Å². The van der Waals surface area contributed by atoms with Gasteiger partial charge in [-0.15, -0.1) is 0 Å². The fraction of sp³-hybridized carbons (Fsp3) is 0.353. The van der Waals surface area contributed by atoms with Gasteiger partial charge in [-0.25, -0.2) is 9.46 Å². The van der Waals surface area contributed by atoms with Crippen molar-refractivity contribution in [1.29, 1.82) is 0 Å². The van der Waals surface area contributed by atoms with Gasteiger partial charge < -0.3 is 28.4 Å². The molecular formula is C34H40N3O8P. The van der Waals surface area contributed by atoms with Crippen LogP contribution >= 0.6 is 8.53 Å². The van der Waals surface area contributed by atoms with Crippen molar-refractivity contribution < 1.29 is 28.4 Å². The summed E-state index contributed by atoms with van der Waals surface area (Å²) in [5.74, 6) is 1.33. The lowest BCUT2D eigenvalue weighted by Gasteiger charge is -2.43. The highest BCUT2D eigenvalue weighted by Crippen LogP contribution is 2.50. The third kappa shape index (κ3) is 6.40. The first-order chi connectivity index (χ1) is 22.1. The summed E-state index contributed by atoms with van der Waals surface area (Å²) in [6.07, 6.45) is -2.11. The van der Waals surface area contributed by atoms with Crippen LogP contribution in [0.25, 0.3) is 0 Å². The van der Waals surface area contributed by atoms with E-state index < -0.39 is 49.7 Å². The van der Waals surface area contributed by atoms with Gasteiger partial charge in [-0.3, -0.25) is 14.3 Å². The second kappa shape index (κ2) is 14.3. The van der Waals surface area contributed by atoms with Crippen molar-refractivity contribution >= 4 is 8.53 Å². The number of nitrogens with zero attached hydrogens (tertiary/aromatic N) is 2. The van der Waals surface area contributed by atoms with E-state index in [1.807, 2.05) is 97.6 Å². The summed E-state index contributed by atoms with van der Waals surface area (Å²) in [6, 6.07) is 24.9. The number of hydrogen-bond donors (Lipinski definition) is 2. The third-order valence-electron chi connectivity index (χ3n) is 8.35. The van der Waals surface area contributed by atoms with Crippen molar-refractivity contribution in [3.63, 3.8) is 0 Å². The molecule has 1 fully saturated rings. The zero-order valence-corrected chi connectivity index (χ0v) is 27.6. The van der Waals surface area contributed by atoms with E-state index in [1.165, 1.54) is 10.8 Å². The molecule has 12 heteroatoms. The van der Waals surface area contributed by atoms with E-state index in [4.69, 9.17) is 23.3 Å². The van der Waals surface area contributed by atoms with E-state index >= 15 is 0 Å². The van der Waals surface area contributed by atoms with Crippen LogP contribution in [0.15, 0.2) is 94.6 Å². The van der Waals surface area contributed by atoms with Crippen LogP contribution in [0, 0.1) is 6.92 Å². The van der Waals surface area contributed by atoms with Crippen LogP contribution in [0.3, 0.4) is 0 Å². The third-order valence-corrected chi connectivity index (χ3v) is 9.77. The summed E-state index contributed by atoms with van der Waals surface area (Å²) in [5, 5.41) is 12.9. The smallest absolute Gasteiger partial charge is 0.330 e. The van der Waals surface area contributed by atoms with Crippen LogP contribution in [0.5, 0.6) is 11.5 Å². The molecule has 3 aromatic carbocycles. The Kier molecular flexibility index (Phi) is 10.4. The minimum Gasteiger partial charge on any atom is -0.497 e. The summed E-state index contributed by atoms with van der Waals surface area (Å²) in [4.78, 5) is 27.5. The molecule has 11 nitrogen and oxygen atoms in total. The number of benzene rings is 3. The molecule has 0 spiro atoms. The summed E-state index contributed by atoms with van der Waals surface area (Å²) < 4.78 is 33.0. The number of H-pyrrole nitrogens is 1. The monoisotopic (exact) mass is 649 g/mol. The molecule has 244 valence electrons. The lowest BCUT2D eigenvalue weighted by atomic mass is 9.64. The van der Waals surface area contributed by atoms with E-state index in [2.05, 4.69) is 4.98 Å². The van der Waals surface area contributed by atoms with Crippen LogP contribution < -0.4 is 20.7 Å². The van der Waals surface area contributed by atoms with Crippen LogP contribution in [0.4, 0.5) is 0 Å². The van der Waals surface area contributed by atoms with Gasteiger partial charge >= 0.3 is 5.69 Å². The number of rotatable bonds is 12. The number of aliphatic hydroxyl groups is 1. The van der Waals surface area contributed by atoms with E-state index in [9.17, 15) is 14.7 Å². The normalized spacial score (nSPS) is 19.6.